The highest BCUT2D eigenvalue weighted by Crippen LogP contribution is 2.33. The molecule has 20 heavy (non-hydrogen) atoms. The van der Waals surface area contributed by atoms with Gasteiger partial charge in [0.15, 0.2) is 0 Å². The van der Waals surface area contributed by atoms with Crippen molar-refractivity contribution in [3.63, 3.8) is 0 Å². The van der Waals surface area contributed by atoms with Crippen molar-refractivity contribution >= 4 is 17.3 Å². The Hall–Kier alpha value is -2.56. The van der Waals surface area contributed by atoms with Crippen LogP contribution in [0.3, 0.4) is 0 Å². The normalized spacial score (nSPS) is 16.5. The fraction of sp³-hybridized carbons (Fsp3) is 0.200. The standard InChI is InChI=1S/C15H15N3O2/c1-9-3-5-12-11(7-9)14(15(19)18-12)17-10-4-6-13(20-2)16-8-10/h3-8,14,17H,1-2H3,(H,18,19). The van der Waals surface area contributed by atoms with Crippen LogP contribution in [0.2, 0.25) is 0 Å². The van der Waals surface area contributed by atoms with Gasteiger partial charge in [-0.2, -0.15) is 0 Å². The highest BCUT2D eigenvalue weighted by atomic mass is 16.5. The summed E-state index contributed by atoms with van der Waals surface area (Å²) in [5.41, 5.74) is 3.73. The van der Waals surface area contributed by atoms with E-state index in [1.165, 1.54) is 0 Å². The van der Waals surface area contributed by atoms with Crippen LogP contribution in [-0.4, -0.2) is 18.0 Å². The van der Waals surface area contributed by atoms with E-state index in [0.717, 1.165) is 22.5 Å². The van der Waals surface area contributed by atoms with Gasteiger partial charge < -0.3 is 15.4 Å². The monoisotopic (exact) mass is 269 g/mol. The summed E-state index contributed by atoms with van der Waals surface area (Å²) in [6, 6.07) is 9.13. The fourth-order valence-electron chi connectivity index (χ4n) is 2.28. The van der Waals surface area contributed by atoms with Crippen LogP contribution in [0.1, 0.15) is 17.2 Å². The lowest BCUT2D eigenvalue weighted by Crippen LogP contribution is -2.19. The lowest BCUT2D eigenvalue weighted by atomic mass is 10.1. The zero-order valence-corrected chi connectivity index (χ0v) is 11.3. The molecule has 1 aromatic carbocycles. The number of ether oxygens (including phenoxy) is 1. The Kier molecular flexibility index (Phi) is 3.02. The third-order valence-electron chi connectivity index (χ3n) is 3.29. The van der Waals surface area contributed by atoms with Crippen LogP contribution < -0.4 is 15.4 Å². The Balaban J connectivity index is 1.87. The molecule has 1 aromatic heterocycles. The first kappa shape index (κ1) is 12.5. The van der Waals surface area contributed by atoms with Crippen molar-refractivity contribution in [3.05, 3.63) is 47.7 Å². The molecule has 2 heterocycles. The SMILES string of the molecule is COc1ccc(NC2C(=O)Nc3ccc(C)cc32)cn1. The Morgan fingerprint density at radius 3 is 2.85 bits per heavy atom. The summed E-state index contributed by atoms with van der Waals surface area (Å²) in [4.78, 5) is 16.2. The van der Waals surface area contributed by atoms with Gasteiger partial charge in [0.1, 0.15) is 6.04 Å². The van der Waals surface area contributed by atoms with Gasteiger partial charge in [0.25, 0.3) is 5.91 Å². The first-order chi connectivity index (χ1) is 9.67. The molecule has 0 bridgehead atoms. The maximum Gasteiger partial charge on any atom is 0.251 e. The summed E-state index contributed by atoms with van der Waals surface area (Å²) in [5.74, 6) is 0.490. The lowest BCUT2D eigenvalue weighted by molar-refractivity contribution is -0.116. The number of nitrogens with one attached hydrogen (secondary N) is 2. The van der Waals surface area contributed by atoms with E-state index in [0.29, 0.717) is 5.88 Å². The number of methoxy groups -OCH3 is 1. The predicted octanol–water partition coefficient (Wildman–Crippen LogP) is 2.50. The molecule has 1 amide bonds. The lowest BCUT2D eigenvalue weighted by Gasteiger charge is -2.13. The van der Waals surface area contributed by atoms with Gasteiger partial charge in [0.2, 0.25) is 5.88 Å². The van der Waals surface area contributed by atoms with Gasteiger partial charge in [0.05, 0.1) is 19.0 Å². The van der Waals surface area contributed by atoms with Crippen LogP contribution in [0, 0.1) is 6.92 Å². The molecule has 0 saturated carbocycles. The molecule has 5 nitrogen and oxygen atoms in total. The zero-order valence-electron chi connectivity index (χ0n) is 11.3. The second kappa shape index (κ2) is 4.85. The molecule has 1 aliphatic heterocycles. The molecule has 0 radical (unpaired) electrons. The number of fused-ring (bicyclic) bond motifs is 1. The van der Waals surface area contributed by atoms with Gasteiger partial charge in [0, 0.05) is 17.3 Å². The molecule has 0 saturated heterocycles. The largest absolute Gasteiger partial charge is 0.481 e. The molecule has 1 atom stereocenters. The number of aryl methyl sites for hydroxylation is 1. The molecule has 5 heteroatoms. The van der Waals surface area contributed by atoms with Crippen LogP contribution >= 0.6 is 0 Å². The summed E-state index contributed by atoms with van der Waals surface area (Å²) < 4.78 is 5.01. The Morgan fingerprint density at radius 1 is 1.30 bits per heavy atom. The smallest absolute Gasteiger partial charge is 0.251 e. The molecule has 1 unspecified atom stereocenters. The second-order valence-electron chi connectivity index (χ2n) is 4.75. The number of carbonyl (C=O) groups excluding carboxylic acids is 1. The average molecular weight is 269 g/mol. The molecule has 2 aromatic rings. The van der Waals surface area contributed by atoms with Crippen molar-refractivity contribution < 1.29 is 9.53 Å². The van der Waals surface area contributed by atoms with E-state index in [1.807, 2.05) is 31.2 Å². The van der Waals surface area contributed by atoms with Crippen LogP contribution in [0.25, 0.3) is 0 Å². The molecular formula is C15H15N3O2. The highest BCUT2D eigenvalue weighted by Gasteiger charge is 2.30. The van der Waals surface area contributed by atoms with Crippen LogP contribution in [0.15, 0.2) is 36.5 Å². The van der Waals surface area contributed by atoms with Crippen LogP contribution in [-0.2, 0) is 4.79 Å². The van der Waals surface area contributed by atoms with Gasteiger partial charge in [-0.3, -0.25) is 4.79 Å². The van der Waals surface area contributed by atoms with Crippen LogP contribution in [0.5, 0.6) is 5.88 Å². The van der Waals surface area contributed by atoms with Crippen molar-refractivity contribution in [1.82, 2.24) is 4.98 Å². The first-order valence-electron chi connectivity index (χ1n) is 6.35. The second-order valence-corrected chi connectivity index (χ2v) is 4.75. The molecule has 0 aliphatic carbocycles. The van der Waals surface area contributed by atoms with E-state index in [1.54, 1.807) is 19.4 Å². The number of benzene rings is 1. The topological polar surface area (TPSA) is 63.2 Å². The van der Waals surface area contributed by atoms with E-state index < -0.39 is 0 Å². The third kappa shape index (κ3) is 2.18. The number of hydrogen-bond acceptors (Lipinski definition) is 4. The van der Waals surface area contributed by atoms with E-state index in [4.69, 9.17) is 4.74 Å². The molecule has 2 N–H and O–H groups in total. The maximum atomic E-state index is 12.1. The summed E-state index contributed by atoms with van der Waals surface area (Å²) in [7, 11) is 1.57. The number of hydrogen-bond donors (Lipinski definition) is 2. The zero-order chi connectivity index (χ0) is 14.1. The molecule has 0 spiro atoms. The van der Waals surface area contributed by atoms with Gasteiger partial charge in [-0.1, -0.05) is 17.7 Å². The predicted molar refractivity (Wildman–Crippen MR) is 77.0 cm³/mol. The van der Waals surface area contributed by atoms with E-state index in [9.17, 15) is 4.79 Å². The number of pyridine rings is 1. The molecule has 1 aliphatic rings. The summed E-state index contributed by atoms with van der Waals surface area (Å²) in [5, 5.41) is 6.07. The van der Waals surface area contributed by atoms with Gasteiger partial charge in [-0.15, -0.1) is 0 Å². The Morgan fingerprint density at radius 2 is 2.15 bits per heavy atom. The van der Waals surface area contributed by atoms with E-state index in [2.05, 4.69) is 15.6 Å². The Bertz CT molecular complexity index is 653. The molecule has 102 valence electrons. The summed E-state index contributed by atoms with van der Waals surface area (Å²) in [6.07, 6.45) is 1.65. The summed E-state index contributed by atoms with van der Waals surface area (Å²) >= 11 is 0. The molecule has 0 fully saturated rings. The maximum absolute atomic E-state index is 12.1. The fourth-order valence-corrected chi connectivity index (χ4v) is 2.28. The number of anilines is 2. The number of nitrogens with zero attached hydrogens (tertiary/aromatic N) is 1. The Labute approximate surface area is 117 Å². The van der Waals surface area contributed by atoms with Gasteiger partial charge >= 0.3 is 0 Å². The number of amides is 1. The van der Waals surface area contributed by atoms with Gasteiger partial charge in [-0.25, -0.2) is 4.98 Å². The average Bonchev–Trinajstić information content (AvgIpc) is 2.76. The van der Waals surface area contributed by atoms with E-state index >= 15 is 0 Å². The minimum Gasteiger partial charge on any atom is -0.481 e. The van der Waals surface area contributed by atoms with E-state index in [-0.39, 0.29) is 11.9 Å². The third-order valence-corrected chi connectivity index (χ3v) is 3.29. The number of rotatable bonds is 3. The first-order valence-corrected chi connectivity index (χ1v) is 6.35. The number of aromatic nitrogens is 1. The molecule has 3 rings (SSSR count). The van der Waals surface area contributed by atoms with Crippen molar-refractivity contribution in [3.8, 4) is 5.88 Å². The minimum absolute atomic E-state index is 0.0542. The van der Waals surface area contributed by atoms with Crippen molar-refractivity contribution in [2.24, 2.45) is 0 Å². The van der Waals surface area contributed by atoms with Crippen molar-refractivity contribution in [2.45, 2.75) is 13.0 Å². The quantitative estimate of drug-likeness (QED) is 0.898. The molecular weight excluding hydrogens is 254 g/mol. The number of carbonyl (C=O) groups is 1. The summed E-state index contributed by atoms with van der Waals surface area (Å²) in [6.45, 7) is 2.01. The van der Waals surface area contributed by atoms with Crippen molar-refractivity contribution in [2.75, 3.05) is 17.7 Å². The minimum atomic E-state index is -0.389. The van der Waals surface area contributed by atoms with Crippen molar-refractivity contribution in [1.29, 1.82) is 0 Å². The van der Waals surface area contributed by atoms with Gasteiger partial charge in [-0.05, 0) is 19.1 Å². The van der Waals surface area contributed by atoms with Crippen LogP contribution in [0.4, 0.5) is 11.4 Å². The highest BCUT2D eigenvalue weighted by molar-refractivity contribution is 6.04.